The van der Waals surface area contributed by atoms with Gasteiger partial charge in [0.1, 0.15) is 0 Å². The molecule has 7 heteroatoms. The molecule has 6 nitrogen and oxygen atoms in total. The zero-order valence-corrected chi connectivity index (χ0v) is 12.5. The SMILES string of the molecule is CCCc1cnc(OS(=O)(=O)CC2CCNCC2)nc1. The van der Waals surface area contributed by atoms with E-state index >= 15 is 0 Å². The smallest absolute Gasteiger partial charge is 0.332 e. The summed E-state index contributed by atoms with van der Waals surface area (Å²) in [6.45, 7) is 3.79. The fourth-order valence-corrected chi connectivity index (χ4v) is 3.58. The number of aromatic nitrogens is 2. The Kier molecular flexibility index (Phi) is 5.31. The summed E-state index contributed by atoms with van der Waals surface area (Å²) in [6.07, 6.45) is 6.83. The van der Waals surface area contributed by atoms with E-state index in [4.69, 9.17) is 4.18 Å². The van der Waals surface area contributed by atoms with E-state index in [0.717, 1.165) is 44.3 Å². The molecular formula is C13H21N3O3S. The van der Waals surface area contributed by atoms with Crippen LogP contribution in [0.2, 0.25) is 0 Å². The minimum Gasteiger partial charge on any atom is -0.343 e. The van der Waals surface area contributed by atoms with Crippen molar-refractivity contribution >= 4 is 10.1 Å². The first-order valence-electron chi connectivity index (χ1n) is 7.03. The molecule has 0 saturated carbocycles. The molecule has 0 aliphatic carbocycles. The third kappa shape index (κ3) is 4.72. The Balaban J connectivity index is 1.93. The summed E-state index contributed by atoms with van der Waals surface area (Å²) < 4.78 is 28.9. The summed E-state index contributed by atoms with van der Waals surface area (Å²) in [5.41, 5.74) is 0.982. The second-order valence-corrected chi connectivity index (χ2v) is 6.74. The van der Waals surface area contributed by atoms with Gasteiger partial charge in [0.15, 0.2) is 0 Å². The van der Waals surface area contributed by atoms with Crippen molar-refractivity contribution in [1.82, 2.24) is 15.3 Å². The van der Waals surface area contributed by atoms with Gasteiger partial charge < -0.3 is 9.50 Å². The van der Waals surface area contributed by atoms with E-state index in [2.05, 4.69) is 22.2 Å². The number of nitrogens with one attached hydrogen (secondary N) is 1. The van der Waals surface area contributed by atoms with Gasteiger partial charge in [-0.2, -0.15) is 8.42 Å². The Bertz CT molecular complexity index is 510. The van der Waals surface area contributed by atoms with Gasteiger partial charge >= 0.3 is 16.1 Å². The molecule has 1 fully saturated rings. The number of aryl methyl sites for hydroxylation is 1. The van der Waals surface area contributed by atoms with Crippen molar-refractivity contribution in [3.05, 3.63) is 18.0 Å². The standard InChI is InChI=1S/C13H21N3O3S/c1-2-3-12-8-15-13(16-9-12)19-20(17,18)10-11-4-6-14-7-5-11/h8-9,11,14H,2-7,10H2,1H3. The summed E-state index contributed by atoms with van der Waals surface area (Å²) >= 11 is 0. The van der Waals surface area contributed by atoms with E-state index in [-0.39, 0.29) is 17.7 Å². The molecule has 0 radical (unpaired) electrons. The number of rotatable bonds is 6. The van der Waals surface area contributed by atoms with Gasteiger partial charge in [-0.05, 0) is 43.8 Å². The number of hydrogen-bond donors (Lipinski definition) is 1. The summed E-state index contributed by atoms with van der Waals surface area (Å²) in [4.78, 5) is 7.90. The van der Waals surface area contributed by atoms with E-state index in [9.17, 15) is 8.42 Å². The summed E-state index contributed by atoms with van der Waals surface area (Å²) in [7, 11) is -3.61. The first-order chi connectivity index (χ1) is 9.59. The van der Waals surface area contributed by atoms with Gasteiger partial charge in [-0.1, -0.05) is 13.3 Å². The fourth-order valence-electron chi connectivity index (χ4n) is 2.29. The van der Waals surface area contributed by atoms with Gasteiger partial charge in [-0.25, -0.2) is 9.97 Å². The van der Waals surface area contributed by atoms with Crippen molar-refractivity contribution in [3.8, 4) is 6.01 Å². The summed E-state index contributed by atoms with van der Waals surface area (Å²) in [5, 5.41) is 3.21. The molecule has 0 bridgehead atoms. The molecule has 20 heavy (non-hydrogen) atoms. The molecule has 0 aromatic carbocycles. The van der Waals surface area contributed by atoms with Crippen LogP contribution in [-0.4, -0.2) is 37.2 Å². The van der Waals surface area contributed by atoms with Crippen molar-refractivity contribution in [1.29, 1.82) is 0 Å². The van der Waals surface area contributed by atoms with Crippen LogP contribution in [0.25, 0.3) is 0 Å². The van der Waals surface area contributed by atoms with Crippen LogP contribution >= 0.6 is 0 Å². The number of piperidine rings is 1. The van der Waals surface area contributed by atoms with Crippen LogP contribution in [-0.2, 0) is 16.5 Å². The maximum absolute atomic E-state index is 12.0. The Morgan fingerprint density at radius 3 is 2.55 bits per heavy atom. The second kappa shape index (κ2) is 6.99. The Labute approximate surface area is 120 Å². The maximum Gasteiger partial charge on any atom is 0.332 e. The molecule has 1 aromatic heterocycles. The average Bonchev–Trinajstić information content (AvgIpc) is 2.41. The van der Waals surface area contributed by atoms with Crippen LogP contribution < -0.4 is 9.50 Å². The van der Waals surface area contributed by atoms with Gasteiger partial charge in [0.2, 0.25) is 0 Å². The monoisotopic (exact) mass is 299 g/mol. The van der Waals surface area contributed by atoms with Crippen LogP contribution in [0.4, 0.5) is 0 Å². The maximum atomic E-state index is 12.0. The van der Waals surface area contributed by atoms with Gasteiger partial charge in [-0.15, -0.1) is 0 Å². The van der Waals surface area contributed by atoms with Crippen LogP contribution in [0, 0.1) is 5.92 Å². The highest BCUT2D eigenvalue weighted by atomic mass is 32.2. The lowest BCUT2D eigenvalue weighted by atomic mass is 10.0. The third-order valence-corrected chi connectivity index (χ3v) is 4.60. The predicted molar refractivity (Wildman–Crippen MR) is 76.0 cm³/mol. The molecule has 1 aliphatic heterocycles. The fraction of sp³-hybridized carbons (Fsp3) is 0.692. The second-order valence-electron chi connectivity index (χ2n) is 5.12. The quantitative estimate of drug-likeness (QED) is 0.793. The van der Waals surface area contributed by atoms with Gasteiger partial charge in [0.25, 0.3) is 0 Å². The van der Waals surface area contributed by atoms with Crippen LogP contribution in [0.5, 0.6) is 6.01 Å². The molecule has 1 aliphatic rings. The van der Waals surface area contributed by atoms with Gasteiger partial charge in [0.05, 0.1) is 5.75 Å². The molecule has 112 valence electrons. The van der Waals surface area contributed by atoms with Crippen molar-refractivity contribution in [2.45, 2.75) is 32.6 Å². The van der Waals surface area contributed by atoms with Gasteiger partial charge in [-0.3, -0.25) is 0 Å². The van der Waals surface area contributed by atoms with E-state index in [1.54, 1.807) is 12.4 Å². The zero-order valence-electron chi connectivity index (χ0n) is 11.7. The predicted octanol–water partition coefficient (Wildman–Crippen LogP) is 1.14. The summed E-state index contributed by atoms with van der Waals surface area (Å²) in [6, 6.07) is -0.0845. The molecule has 2 heterocycles. The number of hydrogen-bond acceptors (Lipinski definition) is 6. The van der Waals surface area contributed by atoms with Crippen LogP contribution in [0.1, 0.15) is 31.7 Å². The molecule has 0 amide bonds. The summed E-state index contributed by atoms with van der Waals surface area (Å²) in [5.74, 6) is 0.190. The molecule has 1 saturated heterocycles. The highest BCUT2D eigenvalue weighted by Gasteiger charge is 2.23. The Morgan fingerprint density at radius 2 is 1.95 bits per heavy atom. The Hall–Kier alpha value is -1.21. The Morgan fingerprint density at radius 1 is 1.30 bits per heavy atom. The van der Waals surface area contributed by atoms with Crippen molar-refractivity contribution < 1.29 is 12.6 Å². The average molecular weight is 299 g/mol. The topological polar surface area (TPSA) is 81.2 Å². The lowest BCUT2D eigenvalue weighted by Gasteiger charge is -2.21. The van der Waals surface area contributed by atoms with Crippen molar-refractivity contribution in [3.63, 3.8) is 0 Å². The zero-order chi connectivity index (χ0) is 14.4. The van der Waals surface area contributed by atoms with E-state index < -0.39 is 10.1 Å². The lowest BCUT2D eigenvalue weighted by molar-refractivity contribution is 0.386. The van der Waals surface area contributed by atoms with Crippen LogP contribution in [0.15, 0.2) is 12.4 Å². The lowest BCUT2D eigenvalue weighted by Crippen LogP contribution is -2.32. The highest BCUT2D eigenvalue weighted by molar-refractivity contribution is 7.87. The van der Waals surface area contributed by atoms with E-state index in [0.29, 0.717) is 0 Å². The van der Waals surface area contributed by atoms with E-state index in [1.807, 2.05) is 0 Å². The number of nitrogens with zero attached hydrogens (tertiary/aromatic N) is 2. The molecule has 1 N–H and O–H groups in total. The van der Waals surface area contributed by atoms with Crippen molar-refractivity contribution in [2.75, 3.05) is 18.8 Å². The largest absolute Gasteiger partial charge is 0.343 e. The molecule has 0 unspecified atom stereocenters. The molecule has 0 spiro atoms. The first-order valence-corrected chi connectivity index (χ1v) is 8.60. The minimum atomic E-state index is -3.61. The first kappa shape index (κ1) is 15.2. The normalized spacial score (nSPS) is 17.1. The van der Waals surface area contributed by atoms with Gasteiger partial charge in [0, 0.05) is 12.4 Å². The third-order valence-electron chi connectivity index (χ3n) is 3.32. The minimum absolute atomic E-state index is 0.0365. The van der Waals surface area contributed by atoms with Crippen molar-refractivity contribution in [2.24, 2.45) is 5.92 Å². The highest BCUT2D eigenvalue weighted by Crippen LogP contribution is 2.16. The van der Waals surface area contributed by atoms with E-state index in [1.165, 1.54) is 0 Å². The molecule has 1 aromatic rings. The molecule has 2 rings (SSSR count). The molecular weight excluding hydrogens is 278 g/mol. The van der Waals surface area contributed by atoms with Crippen LogP contribution in [0.3, 0.4) is 0 Å². The molecule has 0 atom stereocenters.